The molecule has 90 valence electrons. The Morgan fingerprint density at radius 2 is 2.17 bits per heavy atom. The Hall–Kier alpha value is -2.21. The summed E-state index contributed by atoms with van der Waals surface area (Å²) in [6, 6.07) is 3.44. The first-order chi connectivity index (χ1) is 8.65. The van der Waals surface area contributed by atoms with Crippen LogP contribution in [0.3, 0.4) is 0 Å². The van der Waals surface area contributed by atoms with E-state index in [-0.39, 0.29) is 5.82 Å². The molecule has 0 aliphatic heterocycles. The third-order valence-electron chi connectivity index (χ3n) is 2.50. The van der Waals surface area contributed by atoms with Crippen molar-refractivity contribution in [3.05, 3.63) is 41.6 Å². The second-order valence-corrected chi connectivity index (χ2v) is 4.10. The molecule has 3 rings (SSSR count). The number of halogens is 2. The number of nitrogen functional groups attached to an aromatic ring is 1. The van der Waals surface area contributed by atoms with Gasteiger partial charge in [0.1, 0.15) is 0 Å². The van der Waals surface area contributed by atoms with Crippen molar-refractivity contribution in [2.45, 2.75) is 0 Å². The van der Waals surface area contributed by atoms with Crippen molar-refractivity contribution in [2.24, 2.45) is 0 Å². The molecule has 0 radical (unpaired) electrons. The van der Waals surface area contributed by atoms with Crippen LogP contribution in [0.25, 0.3) is 16.9 Å². The number of fused-ring (bicyclic) bond motifs is 1. The second-order valence-electron chi connectivity index (χ2n) is 3.66. The summed E-state index contributed by atoms with van der Waals surface area (Å²) < 4.78 is 14.7. The first kappa shape index (κ1) is 10.9. The fourth-order valence-corrected chi connectivity index (χ4v) is 1.80. The normalized spacial score (nSPS) is 11.0. The van der Waals surface area contributed by atoms with Crippen LogP contribution in [0.2, 0.25) is 5.02 Å². The average Bonchev–Trinajstić information content (AvgIpc) is 2.75. The summed E-state index contributed by atoms with van der Waals surface area (Å²) in [6.45, 7) is 0. The molecule has 0 saturated heterocycles. The Balaban J connectivity index is 2.24. The molecule has 7 heteroatoms. The Kier molecular flexibility index (Phi) is 2.38. The Morgan fingerprint density at radius 3 is 2.94 bits per heavy atom. The van der Waals surface area contributed by atoms with E-state index in [4.69, 9.17) is 17.3 Å². The molecule has 0 fully saturated rings. The van der Waals surface area contributed by atoms with Crippen LogP contribution in [0.1, 0.15) is 0 Å². The highest BCUT2D eigenvalue weighted by molar-refractivity contribution is 6.31. The van der Waals surface area contributed by atoms with E-state index in [1.54, 1.807) is 29.0 Å². The van der Waals surface area contributed by atoms with E-state index in [2.05, 4.69) is 15.1 Å². The Labute approximate surface area is 106 Å². The molecular weight excluding hydrogens is 257 g/mol. The predicted octanol–water partition coefficient (Wildman–Crippen LogP) is 2.17. The minimum atomic E-state index is -0.645. The SMILES string of the molecule is Nc1nc(-c2cnn3ccc(Cl)cc23)ncc1F. The molecule has 0 spiro atoms. The molecule has 18 heavy (non-hydrogen) atoms. The third-order valence-corrected chi connectivity index (χ3v) is 2.73. The lowest BCUT2D eigenvalue weighted by molar-refractivity contribution is 0.620. The minimum Gasteiger partial charge on any atom is -0.381 e. The second kappa shape index (κ2) is 3.92. The highest BCUT2D eigenvalue weighted by Gasteiger charge is 2.11. The molecule has 3 aromatic heterocycles. The number of hydrogen-bond donors (Lipinski definition) is 1. The van der Waals surface area contributed by atoms with Gasteiger partial charge in [-0.1, -0.05) is 11.6 Å². The first-order valence-electron chi connectivity index (χ1n) is 5.06. The number of nitrogens with two attached hydrogens (primary N) is 1. The van der Waals surface area contributed by atoms with Gasteiger partial charge < -0.3 is 5.73 Å². The maximum atomic E-state index is 13.0. The molecule has 3 heterocycles. The van der Waals surface area contributed by atoms with Crippen LogP contribution in [-0.4, -0.2) is 19.6 Å². The van der Waals surface area contributed by atoms with Gasteiger partial charge in [0.15, 0.2) is 17.5 Å². The zero-order valence-electron chi connectivity index (χ0n) is 9.01. The van der Waals surface area contributed by atoms with E-state index < -0.39 is 5.82 Å². The molecule has 0 amide bonds. The van der Waals surface area contributed by atoms with Crippen LogP contribution in [0.15, 0.2) is 30.7 Å². The molecule has 2 N–H and O–H groups in total. The Morgan fingerprint density at radius 1 is 1.33 bits per heavy atom. The van der Waals surface area contributed by atoms with E-state index in [0.717, 1.165) is 11.7 Å². The molecule has 0 atom stereocenters. The quantitative estimate of drug-likeness (QED) is 0.730. The molecule has 0 aliphatic rings. The summed E-state index contributed by atoms with van der Waals surface area (Å²) in [5, 5.41) is 4.70. The fraction of sp³-hybridized carbons (Fsp3) is 0. The third kappa shape index (κ3) is 1.67. The van der Waals surface area contributed by atoms with Gasteiger partial charge in [0.25, 0.3) is 0 Å². The lowest BCUT2D eigenvalue weighted by Crippen LogP contribution is -1.98. The van der Waals surface area contributed by atoms with Crippen molar-refractivity contribution < 1.29 is 4.39 Å². The van der Waals surface area contributed by atoms with Crippen molar-refractivity contribution in [3.8, 4) is 11.4 Å². The van der Waals surface area contributed by atoms with Gasteiger partial charge in [0, 0.05) is 11.2 Å². The number of pyridine rings is 1. The molecule has 0 unspecified atom stereocenters. The highest BCUT2D eigenvalue weighted by Crippen LogP contribution is 2.24. The summed E-state index contributed by atoms with van der Waals surface area (Å²) >= 11 is 5.92. The first-order valence-corrected chi connectivity index (χ1v) is 5.44. The van der Waals surface area contributed by atoms with Crippen molar-refractivity contribution in [1.82, 2.24) is 19.6 Å². The van der Waals surface area contributed by atoms with Crippen molar-refractivity contribution in [1.29, 1.82) is 0 Å². The monoisotopic (exact) mass is 263 g/mol. The molecular formula is C11H7ClFN5. The van der Waals surface area contributed by atoms with Gasteiger partial charge in [-0.25, -0.2) is 18.9 Å². The van der Waals surface area contributed by atoms with Gasteiger partial charge in [-0.15, -0.1) is 0 Å². The van der Waals surface area contributed by atoms with Crippen LogP contribution < -0.4 is 5.73 Å². The average molecular weight is 264 g/mol. The van der Waals surface area contributed by atoms with Crippen LogP contribution in [0.5, 0.6) is 0 Å². The van der Waals surface area contributed by atoms with Gasteiger partial charge in [0.2, 0.25) is 0 Å². The van der Waals surface area contributed by atoms with E-state index >= 15 is 0 Å². The maximum absolute atomic E-state index is 13.0. The van der Waals surface area contributed by atoms with E-state index in [1.165, 1.54) is 0 Å². The van der Waals surface area contributed by atoms with Gasteiger partial charge >= 0.3 is 0 Å². The fourth-order valence-electron chi connectivity index (χ4n) is 1.64. The van der Waals surface area contributed by atoms with Gasteiger partial charge in [-0.2, -0.15) is 5.10 Å². The maximum Gasteiger partial charge on any atom is 0.183 e. The van der Waals surface area contributed by atoms with E-state index in [0.29, 0.717) is 16.4 Å². The van der Waals surface area contributed by atoms with Gasteiger partial charge in [-0.05, 0) is 12.1 Å². The summed E-state index contributed by atoms with van der Waals surface area (Å²) in [4.78, 5) is 7.79. The molecule has 0 aromatic carbocycles. The summed E-state index contributed by atoms with van der Waals surface area (Å²) in [5.41, 5.74) is 6.79. The zero-order chi connectivity index (χ0) is 12.7. The molecule has 0 aliphatic carbocycles. The van der Waals surface area contributed by atoms with Crippen LogP contribution in [-0.2, 0) is 0 Å². The van der Waals surface area contributed by atoms with E-state index in [9.17, 15) is 4.39 Å². The van der Waals surface area contributed by atoms with Gasteiger partial charge in [0.05, 0.1) is 23.5 Å². The van der Waals surface area contributed by atoms with Crippen LogP contribution in [0, 0.1) is 5.82 Å². The van der Waals surface area contributed by atoms with E-state index in [1.807, 2.05) is 0 Å². The summed E-state index contributed by atoms with van der Waals surface area (Å²) in [6.07, 6.45) is 4.33. The summed E-state index contributed by atoms with van der Waals surface area (Å²) in [7, 11) is 0. The largest absolute Gasteiger partial charge is 0.381 e. The molecule has 3 aromatic rings. The summed E-state index contributed by atoms with van der Waals surface area (Å²) in [5.74, 6) is -0.527. The molecule has 5 nitrogen and oxygen atoms in total. The standard InChI is InChI=1S/C11H7ClFN5/c12-6-1-2-18-9(3-6)7(4-16-18)11-15-5-8(13)10(14)17-11/h1-5H,(H2,14,15,17). The minimum absolute atomic E-state index is 0.193. The van der Waals surface area contributed by atoms with Crippen LogP contribution in [0.4, 0.5) is 10.2 Å². The number of aromatic nitrogens is 4. The lowest BCUT2D eigenvalue weighted by atomic mass is 10.2. The van der Waals surface area contributed by atoms with Gasteiger partial charge in [-0.3, -0.25) is 0 Å². The molecule has 0 bridgehead atoms. The number of nitrogens with zero attached hydrogens (tertiary/aromatic N) is 4. The molecule has 0 saturated carbocycles. The number of hydrogen-bond acceptors (Lipinski definition) is 4. The Bertz CT molecular complexity index is 739. The van der Waals surface area contributed by atoms with Crippen molar-refractivity contribution in [2.75, 3.05) is 5.73 Å². The topological polar surface area (TPSA) is 69.1 Å². The van der Waals surface area contributed by atoms with Crippen molar-refractivity contribution >= 4 is 22.9 Å². The number of anilines is 1. The highest BCUT2D eigenvalue weighted by atomic mass is 35.5. The predicted molar refractivity (Wildman–Crippen MR) is 65.6 cm³/mol. The van der Waals surface area contributed by atoms with Crippen molar-refractivity contribution in [3.63, 3.8) is 0 Å². The number of rotatable bonds is 1. The smallest absolute Gasteiger partial charge is 0.183 e. The zero-order valence-corrected chi connectivity index (χ0v) is 9.76. The lowest BCUT2D eigenvalue weighted by Gasteiger charge is -2.00. The van der Waals surface area contributed by atoms with Crippen LogP contribution >= 0.6 is 11.6 Å².